The molecule has 1 aliphatic heterocycles. The van der Waals surface area contributed by atoms with Crippen molar-refractivity contribution in [2.75, 3.05) is 26.7 Å². The normalized spacial score (nSPS) is 27.6. The zero-order valence-corrected chi connectivity index (χ0v) is 15.3. The van der Waals surface area contributed by atoms with Crippen LogP contribution in [0.3, 0.4) is 0 Å². The van der Waals surface area contributed by atoms with Crippen molar-refractivity contribution < 1.29 is 29.0 Å². The molecule has 0 spiro atoms. The summed E-state index contributed by atoms with van der Waals surface area (Å²) in [5, 5.41) is 20.5. The van der Waals surface area contributed by atoms with Gasteiger partial charge in [0.15, 0.2) is 18.2 Å². The maximum absolute atomic E-state index is 13.0. The fourth-order valence-corrected chi connectivity index (χ4v) is 4.49. The van der Waals surface area contributed by atoms with Crippen molar-refractivity contribution in [1.82, 2.24) is 0 Å². The van der Waals surface area contributed by atoms with Crippen molar-refractivity contribution in [3.8, 4) is 0 Å². The minimum atomic E-state index is -1.63. The Bertz CT molecular complexity index is 658. The fourth-order valence-electron chi connectivity index (χ4n) is 4.49. The molecule has 3 atom stereocenters. The van der Waals surface area contributed by atoms with Gasteiger partial charge in [0.1, 0.15) is 6.54 Å². The van der Waals surface area contributed by atoms with Gasteiger partial charge in [0, 0.05) is 12.3 Å². The third-order valence-corrected chi connectivity index (χ3v) is 5.90. The second-order valence-electron chi connectivity index (χ2n) is 8.01. The summed E-state index contributed by atoms with van der Waals surface area (Å²) in [5.41, 5.74) is -1.05. The number of carboxylic acids is 1. The first-order valence-electron chi connectivity index (χ1n) is 9.38. The zero-order valence-electron chi connectivity index (χ0n) is 15.3. The lowest BCUT2D eigenvalue weighted by molar-refractivity contribution is -0.891. The maximum Gasteiger partial charge on any atom is 0.359 e. The Labute approximate surface area is 161 Å². The number of rotatable bonds is 6. The number of nitrogens with zero attached hydrogens (tertiary/aromatic N) is 1. The molecular formula is C21H32NO5+. The smallest absolute Gasteiger partial charge is 0.359 e. The molecule has 3 unspecified atom stereocenters. The summed E-state index contributed by atoms with van der Waals surface area (Å²) in [6.07, 6.45) is 3.87. The summed E-state index contributed by atoms with van der Waals surface area (Å²) in [5.74, 6) is -1.59. The average molecular weight is 378 g/mol. The van der Waals surface area contributed by atoms with E-state index >= 15 is 0 Å². The fraction of sp³-hybridized carbons (Fsp3) is 0.619. The van der Waals surface area contributed by atoms with Crippen LogP contribution in [0, 0.1) is 5.92 Å². The van der Waals surface area contributed by atoms with E-state index in [1.807, 2.05) is 25.2 Å². The van der Waals surface area contributed by atoms with Gasteiger partial charge in [0.2, 0.25) is 0 Å². The van der Waals surface area contributed by atoms with E-state index in [4.69, 9.17) is 9.84 Å². The third-order valence-electron chi connectivity index (χ3n) is 5.90. The molecule has 0 radical (unpaired) electrons. The number of hydrogen-bond acceptors (Lipinski definition) is 4. The SMILES string of the molecule is C.C[N+]1(CC(=O)O)CCC(OC(=O)C(O)(c2ccccc2)C2CCCC2)C1. The van der Waals surface area contributed by atoms with Gasteiger partial charge in [0.05, 0.1) is 13.6 Å². The highest BCUT2D eigenvalue weighted by atomic mass is 16.6. The van der Waals surface area contributed by atoms with Gasteiger partial charge in [-0.25, -0.2) is 9.59 Å². The molecule has 1 aromatic carbocycles. The molecule has 0 amide bonds. The number of ether oxygens (including phenoxy) is 1. The van der Waals surface area contributed by atoms with Crippen LogP contribution >= 0.6 is 0 Å². The molecule has 2 aliphatic rings. The second kappa shape index (κ2) is 8.40. The van der Waals surface area contributed by atoms with E-state index in [9.17, 15) is 14.7 Å². The Morgan fingerprint density at radius 2 is 1.81 bits per heavy atom. The van der Waals surface area contributed by atoms with E-state index in [-0.39, 0.29) is 26.0 Å². The van der Waals surface area contributed by atoms with Crippen molar-refractivity contribution in [3.05, 3.63) is 35.9 Å². The molecule has 2 N–H and O–H groups in total. The number of quaternary nitrogens is 1. The molecule has 0 aromatic heterocycles. The molecule has 6 nitrogen and oxygen atoms in total. The van der Waals surface area contributed by atoms with Crippen LogP contribution in [0.2, 0.25) is 0 Å². The summed E-state index contributed by atoms with van der Waals surface area (Å²) in [6, 6.07) is 9.05. The van der Waals surface area contributed by atoms with Crippen LogP contribution in [0.25, 0.3) is 0 Å². The monoisotopic (exact) mass is 378 g/mol. The number of carboxylic acid groups (broad SMARTS) is 1. The lowest BCUT2D eigenvalue weighted by Crippen LogP contribution is -2.48. The van der Waals surface area contributed by atoms with Crippen molar-refractivity contribution in [1.29, 1.82) is 0 Å². The minimum Gasteiger partial charge on any atom is -0.477 e. The van der Waals surface area contributed by atoms with Crippen LogP contribution in [0.1, 0.15) is 45.1 Å². The zero-order chi connectivity index (χ0) is 18.8. The van der Waals surface area contributed by atoms with E-state index in [0.29, 0.717) is 29.6 Å². The Morgan fingerprint density at radius 3 is 2.41 bits per heavy atom. The lowest BCUT2D eigenvalue weighted by Gasteiger charge is -2.33. The van der Waals surface area contributed by atoms with Crippen molar-refractivity contribution in [2.24, 2.45) is 5.92 Å². The lowest BCUT2D eigenvalue weighted by atomic mass is 9.80. The predicted octanol–water partition coefficient (Wildman–Crippen LogP) is 2.55. The number of carbonyl (C=O) groups is 2. The first-order valence-corrected chi connectivity index (χ1v) is 9.38. The van der Waals surface area contributed by atoms with E-state index in [1.54, 1.807) is 12.1 Å². The van der Waals surface area contributed by atoms with Gasteiger partial charge >= 0.3 is 11.9 Å². The number of aliphatic hydroxyl groups is 1. The molecule has 1 aliphatic carbocycles. The minimum absolute atomic E-state index is 0. The molecule has 1 heterocycles. The van der Waals surface area contributed by atoms with Gasteiger partial charge in [-0.15, -0.1) is 0 Å². The second-order valence-corrected chi connectivity index (χ2v) is 8.01. The highest BCUT2D eigenvalue weighted by Crippen LogP contribution is 2.42. The van der Waals surface area contributed by atoms with Crippen LogP contribution in [0.15, 0.2) is 30.3 Å². The molecule has 0 bridgehead atoms. The molecule has 3 rings (SSSR count). The van der Waals surface area contributed by atoms with Crippen molar-refractivity contribution >= 4 is 11.9 Å². The molecule has 2 fully saturated rings. The van der Waals surface area contributed by atoms with Gasteiger partial charge in [-0.1, -0.05) is 50.6 Å². The van der Waals surface area contributed by atoms with Gasteiger partial charge in [-0.2, -0.15) is 0 Å². The standard InChI is InChI=1S/C20H27NO5.CH4/c1-21(14-18(22)23)12-11-17(13-21)26-19(24)20(25,16-9-5-6-10-16)15-7-3-2-4-8-15;/h2-4,7-8,16-17,25H,5-6,9-14H2,1H3;1H4/p+1. The predicted molar refractivity (Wildman–Crippen MR) is 102 cm³/mol. The summed E-state index contributed by atoms with van der Waals surface area (Å²) < 4.78 is 6.07. The summed E-state index contributed by atoms with van der Waals surface area (Å²) in [6.45, 7) is 1.13. The summed E-state index contributed by atoms with van der Waals surface area (Å²) in [7, 11) is 1.86. The van der Waals surface area contributed by atoms with Gasteiger partial charge in [-0.05, 0) is 18.4 Å². The molecule has 1 saturated carbocycles. The topological polar surface area (TPSA) is 83.8 Å². The van der Waals surface area contributed by atoms with Crippen LogP contribution in [0.5, 0.6) is 0 Å². The number of aliphatic carboxylic acids is 1. The Hall–Kier alpha value is -1.92. The van der Waals surface area contributed by atoms with Crippen LogP contribution < -0.4 is 0 Å². The molecule has 27 heavy (non-hydrogen) atoms. The van der Waals surface area contributed by atoms with E-state index < -0.39 is 17.5 Å². The third kappa shape index (κ3) is 4.50. The number of carbonyl (C=O) groups excluding carboxylic acids is 1. The quantitative estimate of drug-likeness (QED) is 0.587. The van der Waals surface area contributed by atoms with Crippen LogP contribution in [0.4, 0.5) is 0 Å². The maximum atomic E-state index is 13.0. The van der Waals surface area contributed by atoms with Crippen LogP contribution in [-0.2, 0) is 19.9 Å². The van der Waals surface area contributed by atoms with Gasteiger partial charge in [-0.3, -0.25) is 0 Å². The molecule has 150 valence electrons. The first-order chi connectivity index (χ1) is 12.3. The van der Waals surface area contributed by atoms with E-state index in [1.165, 1.54) is 0 Å². The largest absolute Gasteiger partial charge is 0.477 e. The molecule has 1 saturated heterocycles. The number of likely N-dealkylation sites (tertiary alicyclic amines) is 1. The summed E-state index contributed by atoms with van der Waals surface area (Å²) >= 11 is 0. The van der Waals surface area contributed by atoms with Crippen LogP contribution in [-0.4, -0.2) is 59.4 Å². The van der Waals surface area contributed by atoms with Crippen molar-refractivity contribution in [3.63, 3.8) is 0 Å². The van der Waals surface area contributed by atoms with Gasteiger partial charge < -0.3 is 19.4 Å². The highest BCUT2D eigenvalue weighted by Gasteiger charge is 2.49. The highest BCUT2D eigenvalue weighted by molar-refractivity contribution is 5.81. The first kappa shape index (κ1) is 21.4. The Balaban J connectivity index is 0.00000261. The molecular weight excluding hydrogens is 346 g/mol. The van der Waals surface area contributed by atoms with E-state index in [0.717, 1.165) is 25.7 Å². The Morgan fingerprint density at radius 1 is 1.19 bits per heavy atom. The average Bonchev–Trinajstić information content (AvgIpc) is 3.25. The molecule has 6 heteroatoms. The van der Waals surface area contributed by atoms with E-state index in [2.05, 4.69) is 0 Å². The van der Waals surface area contributed by atoms with Crippen molar-refractivity contribution in [2.45, 2.75) is 51.2 Å². The number of hydrogen-bond donors (Lipinski definition) is 2. The summed E-state index contributed by atoms with van der Waals surface area (Å²) in [4.78, 5) is 24.1. The Kier molecular flexibility index (Phi) is 6.65. The molecule has 1 aromatic rings. The number of benzene rings is 1. The van der Waals surface area contributed by atoms with Gasteiger partial charge in [0.25, 0.3) is 0 Å². The number of esters is 1. The number of likely N-dealkylation sites (N-methyl/N-ethyl adjacent to an activating group) is 1.